The van der Waals surface area contributed by atoms with E-state index in [1.165, 1.54) is 5.56 Å². The molecule has 5 atom stereocenters. The minimum absolute atomic E-state index is 0.111. The molecule has 2 heterocycles. The molecule has 0 spiro atoms. The van der Waals surface area contributed by atoms with Gasteiger partial charge in [-0.2, -0.15) is 4.31 Å². The second-order valence-electron chi connectivity index (χ2n) is 8.41. The van der Waals surface area contributed by atoms with Crippen molar-refractivity contribution in [3.8, 4) is 0 Å². The summed E-state index contributed by atoms with van der Waals surface area (Å²) in [5, 5.41) is 2.78. The maximum absolute atomic E-state index is 13.4. The molecule has 0 aromatic heterocycles. The highest BCUT2D eigenvalue weighted by Crippen LogP contribution is 2.41. The molecular weight excluding hydrogens is 348 g/mol. The van der Waals surface area contributed by atoms with Gasteiger partial charge in [0.2, 0.25) is 15.9 Å². The quantitative estimate of drug-likeness (QED) is 0.861. The van der Waals surface area contributed by atoms with Crippen molar-refractivity contribution in [2.75, 3.05) is 6.54 Å². The third kappa shape index (κ3) is 3.07. The van der Waals surface area contributed by atoms with Crippen LogP contribution in [-0.4, -0.2) is 36.5 Å². The molecule has 1 N–H and O–H groups in total. The molecule has 5 nitrogen and oxygen atoms in total. The molecule has 4 rings (SSSR count). The van der Waals surface area contributed by atoms with Gasteiger partial charge in [-0.1, -0.05) is 38.1 Å². The first-order valence-electron chi connectivity index (χ1n) is 9.71. The van der Waals surface area contributed by atoms with Crippen molar-refractivity contribution in [3.05, 3.63) is 35.4 Å². The monoisotopic (exact) mass is 376 g/mol. The van der Waals surface area contributed by atoms with E-state index in [2.05, 4.69) is 25.2 Å². The van der Waals surface area contributed by atoms with Crippen LogP contribution in [0.3, 0.4) is 0 Å². The van der Waals surface area contributed by atoms with Crippen molar-refractivity contribution in [2.45, 2.75) is 57.4 Å². The number of fused-ring (bicyclic) bond motifs is 2. The Hall–Kier alpha value is -1.40. The highest BCUT2D eigenvalue weighted by atomic mass is 32.2. The average Bonchev–Trinajstić information content (AvgIpc) is 2.62. The van der Waals surface area contributed by atoms with Gasteiger partial charge >= 0.3 is 0 Å². The molecule has 2 aliphatic heterocycles. The van der Waals surface area contributed by atoms with E-state index in [0.29, 0.717) is 32.4 Å². The lowest BCUT2D eigenvalue weighted by molar-refractivity contribution is -0.127. The van der Waals surface area contributed by atoms with Gasteiger partial charge in [0.05, 0.1) is 5.25 Å². The molecule has 26 heavy (non-hydrogen) atoms. The molecular formula is C20H28N2O3S. The molecule has 1 aromatic rings. The largest absolute Gasteiger partial charge is 0.353 e. The first-order valence-corrected chi connectivity index (χ1v) is 11.2. The topological polar surface area (TPSA) is 66.5 Å². The Balaban J connectivity index is 1.54. The number of nitrogens with one attached hydrogen (secondary N) is 1. The molecule has 142 valence electrons. The number of carbonyl (C=O) groups is 1. The Kier molecular flexibility index (Phi) is 4.59. The molecule has 2 fully saturated rings. The van der Waals surface area contributed by atoms with Crippen LogP contribution in [-0.2, 0) is 27.8 Å². The van der Waals surface area contributed by atoms with E-state index in [1.807, 2.05) is 18.2 Å². The summed E-state index contributed by atoms with van der Waals surface area (Å²) in [5.74, 6) is 0.807. The summed E-state index contributed by atoms with van der Waals surface area (Å²) >= 11 is 0. The van der Waals surface area contributed by atoms with Crippen LogP contribution in [0.25, 0.3) is 0 Å². The Labute approximate surface area is 156 Å². The lowest BCUT2D eigenvalue weighted by atomic mass is 9.69. The van der Waals surface area contributed by atoms with E-state index in [-0.39, 0.29) is 35.0 Å². The third-order valence-electron chi connectivity index (χ3n) is 6.69. The van der Waals surface area contributed by atoms with E-state index in [9.17, 15) is 13.2 Å². The van der Waals surface area contributed by atoms with Crippen LogP contribution in [0.15, 0.2) is 24.3 Å². The first kappa shape index (κ1) is 18.0. The molecule has 5 unspecified atom stereocenters. The zero-order chi connectivity index (χ0) is 18.5. The number of nitrogens with zero attached hydrogens (tertiary/aromatic N) is 1. The molecule has 3 aliphatic rings. The van der Waals surface area contributed by atoms with Crippen molar-refractivity contribution in [3.63, 3.8) is 0 Å². The van der Waals surface area contributed by atoms with Crippen LogP contribution in [0.2, 0.25) is 0 Å². The number of piperidine rings is 1. The van der Waals surface area contributed by atoms with Gasteiger partial charge in [0.15, 0.2) is 0 Å². The Morgan fingerprint density at radius 2 is 1.81 bits per heavy atom. The number of rotatable bonds is 2. The molecule has 1 saturated carbocycles. The van der Waals surface area contributed by atoms with Crippen LogP contribution >= 0.6 is 0 Å². The summed E-state index contributed by atoms with van der Waals surface area (Å²) in [5.41, 5.74) is 2.39. The van der Waals surface area contributed by atoms with E-state index < -0.39 is 10.0 Å². The van der Waals surface area contributed by atoms with Gasteiger partial charge in [-0.05, 0) is 48.1 Å². The minimum atomic E-state index is -3.33. The summed E-state index contributed by atoms with van der Waals surface area (Å²) in [6.07, 6.45) is 2.60. The SMILES string of the molecule is CC1CC(=O)NC2C(C)CC(S(=O)(=O)N3CCc4ccccc4C3)CC12. The second kappa shape index (κ2) is 6.64. The second-order valence-corrected chi connectivity index (χ2v) is 10.6. The first-order chi connectivity index (χ1) is 12.4. The highest BCUT2D eigenvalue weighted by molar-refractivity contribution is 7.89. The number of amides is 1. The van der Waals surface area contributed by atoms with Gasteiger partial charge in [-0.15, -0.1) is 0 Å². The number of hydrogen-bond acceptors (Lipinski definition) is 3. The maximum Gasteiger partial charge on any atom is 0.220 e. The van der Waals surface area contributed by atoms with Crippen molar-refractivity contribution in [2.24, 2.45) is 17.8 Å². The van der Waals surface area contributed by atoms with Crippen LogP contribution in [0.4, 0.5) is 0 Å². The fraction of sp³-hybridized carbons (Fsp3) is 0.650. The fourth-order valence-electron chi connectivity index (χ4n) is 5.19. The number of sulfonamides is 1. The third-order valence-corrected chi connectivity index (χ3v) is 8.95. The van der Waals surface area contributed by atoms with E-state index in [0.717, 1.165) is 12.0 Å². The Bertz CT molecular complexity index is 807. The molecule has 1 aromatic carbocycles. The van der Waals surface area contributed by atoms with Crippen molar-refractivity contribution in [1.82, 2.24) is 9.62 Å². The zero-order valence-electron chi connectivity index (χ0n) is 15.5. The van der Waals surface area contributed by atoms with E-state index in [4.69, 9.17) is 0 Å². The Morgan fingerprint density at radius 1 is 1.08 bits per heavy atom. The lowest BCUT2D eigenvalue weighted by Gasteiger charge is -2.47. The predicted octanol–water partition coefficient (Wildman–Crippen LogP) is 2.31. The van der Waals surface area contributed by atoms with Gasteiger partial charge in [-0.25, -0.2) is 8.42 Å². The van der Waals surface area contributed by atoms with Gasteiger partial charge in [0.25, 0.3) is 0 Å². The zero-order valence-corrected chi connectivity index (χ0v) is 16.3. The fourth-order valence-corrected chi connectivity index (χ4v) is 7.29. The Morgan fingerprint density at radius 3 is 2.58 bits per heavy atom. The van der Waals surface area contributed by atoms with Crippen LogP contribution < -0.4 is 5.32 Å². The number of hydrogen-bond donors (Lipinski definition) is 1. The molecule has 1 saturated heterocycles. The minimum Gasteiger partial charge on any atom is -0.353 e. The van der Waals surface area contributed by atoms with Crippen LogP contribution in [0.5, 0.6) is 0 Å². The molecule has 1 aliphatic carbocycles. The van der Waals surface area contributed by atoms with Gasteiger partial charge in [-0.3, -0.25) is 4.79 Å². The summed E-state index contributed by atoms with van der Waals surface area (Å²) in [6, 6.07) is 8.26. The van der Waals surface area contributed by atoms with Crippen molar-refractivity contribution in [1.29, 1.82) is 0 Å². The molecule has 0 radical (unpaired) electrons. The molecule has 0 bridgehead atoms. The van der Waals surface area contributed by atoms with E-state index in [1.54, 1.807) is 4.31 Å². The maximum atomic E-state index is 13.4. The van der Waals surface area contributed by atoms with Crippen LogP contribution in [0, 0.1) is 17.8 Å². The summed E-state index contributed by atoms with van der Waals surface area (Å²) in [7, 11) is -3.33. The number of benzene rings is 1. The van der Waals surface area contributed by atoms with Crippen LogP contribution in [0.1, 0.15) is 44.2 Å². The normalized spacial score (nSPS) is 35.3. The summed E-state index contributed by atoms with van der Waals surface area (Å²) in [4.78, 5) is 11.9. The van der Waals surface area contributed by atoms with Gasteiger partial charge in [0.1, 0.15) is 0 Å². The summed E-state index contributed by atoms with van der Waals surface area (Å²) < 4.78 is 28.5. The van der Waals surface area contributed by atoms with E-state index >= 15 is 0 Å². The standard InChI is InChI=1S/C20H28N2O3S/c1-13-10-19(23)21-20-14(2)9-17(11-18(13)20)26(24,25)22-8-7-15-5-3-4-6-16(15)12-22/h3-6,13-14,17-18,20H,7-12H2,1-2H3,(H,21,23). The average molecular weight is 377 g/mol. The van der Waals surface area contributed by atoms with Gasteiger partial charge in [0, 0.05) is 25.6 Å². The number of carbonyl (C=O) groups excluding carboxylic acids is 1. The van der Waals surface area contributed by atoms with Crippen molar-refractivity contribution >= 4 is 15.9 Å². The van der Waals surface area contributed by atoms with Gasteiger partial charge < -0.3 is 5.32 Å². The lowest BCUT2D eigenvalue weighted by Crippen LogP contribution is -2.57. The van der Waals surface area contributed by atoms with Crippen molar-refractivity contribution < 1.29 is 13.2 Å². The summed E-state index contributed by atoms with van der Waals surface area (Å²) in [6.45, 7) is 5.24. The molecule has 1 amide bonds. The smallest absolute Gasteiger partial charge is 0.220 e. The molecule has 6 heteroatoms. The predicted molar refractivity (Wildman–Crippen MR) is 101 cm³/mol. The highest BCUT2D eigenvalue weighted by Gasteiger charge is 2.47.